The summed E-state index contributed by atoms with van der Waals surface area (Å²) in [4.78, 5) is 28.8. The van der Waals surface area contributed by atoms with Gasteiger partial charge in [0.25, 0.3) is 0 Å². The number of carbonyl (C=O) groups excluding carboxylic acids is 2. The second-order valence-electron chi connectivity index (χ2n) is 7.27. The average Bonchev–Trinajstić information content (AvgIpc) is 3.07. The Morgan fingerprint density at radius 2 is 1.88 bits per heavy atom. The van der Waals surface area contributed by atoms with Crippen LogP contribution in [0.4, 0.5) is 0 Å². The molecule has 3 aliphatic heterocycles. The molecule has 2 amide bonds. The highest BCUT2D eigenvalue weighted by Gasteiger charge is 2.32. The Hall–Kier alpha value is -2.24. The van der Waals surface area contributed by atoms with Gasteiger partial charge in [-0.1, -0.05) is 12.5 Å². The van der Waals surface area contributed by atoms with E-state index in [1.807, 2.05) is 23.1 Å². The predicted molar refractivity (Wildman–Crippen MR) is 96.2 cm³/mol. The normalized spacial score (nSPS) is 23.1. The van der Waals surface area contributed by atoms with Crippen molar-refractivity contribution in [1.29, 1.82) is 0 Å². The van der Waals surface area contributed by atoms with Crippen molar-refractivity contribution in [2.75, 3.05) is 32.8 Å². The Kier molecular flexibility index (Phi) is 5.00. The van der Waals surface area contributed by atoms with Gasteiger partial charge in [-0.2, -0.15) is 0 Å². The number of rotatable bonds is 3. The Morgan fingerprint density at radius 1 is 1.04 bits per heavy atom. The molecule has 0 aliphatic carbocycles. The Bertz CT molecular complexity index is 690. The molecule has 2 fully saturated rings. The highest BCUT2D eigenvalue weighted by Crippen LogP contribution is 2.38. The summed E-state index contributed by atoms with van der Waals surface area (Å²) in [6, 6.07) is 6.02. The van der Waals surface area contributed by atoms with Gasteiger partial charge in [0.05, 0.1) is 12.6 Å². The van der Waals surface area contributed by atoms with E-state index >= 15 is 0 Å². The fraction of sp³-hybridized carbons (Fsp3) is 0.600. The summed E-state index contributed by atoms with van der Waals surface area (Å²) in [7, 11) is 0. The van der Waals surface area contributed by atoms with E-state index in [2.05, 4.69) is 0 Å². The molecule has 0 bridgehead atoms. The van der Waals surface area contributed by atoms with Gasteiger partial charge in [-0.15, -0.1) is 0 Å². The van der Waals surface area contributed by atoms with Crippen LogP contribution in [0.15, 0.2) is 18.2 Å². The molecule has 1 atom stereocenters. The molecule has 0 aromatic heterocycles. The largest absolute Gasteiger partial charge is 0.486 e. The van der Waals surface area contributed by atoms with Crippen molar-refractivity contribution >= 4 is 11.8 Å². The van der Waals surface area contributed by atoms with Crippen LogP contribution in [0.5, 0.6) is 11.5 Å². The van der Waals surface area contributed by atoms with Gasteiger partial charge in [0.2, 0.25) is 11.8 Å². The smallest absolute Gasteiger partial charge is 0.242 e. The molecule has 140 valence electrons. The fourth-order valence-electron chi connectivity index (χ4n) is 4.14. The zero-order valence-corrected chi connectivity index (χ0v) is 15.1. The molecule has 3 aliphatic rings. The van der Waals surface area contributed by atoms with Crippen LogP contribution < -0.4 is 9.47 Å². The maximum Gasteiger partial charge on any atom is 0.242 e. The number of nitrogens with zero attached hydrogens (tertiary/aromatic N) is 2. The molecule has 4 rings (SSSR count). The van der Waals surface area contributed by atoms with Crippen LogP contribution in [0.2, 0.25) is 0 Å². The first-order chi connectivity index (χ1) is 12.7. The fourth-order valence-corrected chi connectivity index (χ4v) is 4.14. The number of hydrogen-bond acceptors (Lipinski definition) is 4. The first-order valence-corrected chi connectivity index (χ1v) is 9.69. The van der Waals surface area contributed by atoms with Crippen LogP contribution in [0, 0.1) is 0 Å². The number of amides is 2. The average molecular weight is 358 g/mol. The maximum atomic E-state index is 12.9. The third kappa shape index (κ3) is 3.50. The van der Waals surface area contributed by atoms with Crippen LogP contribution in [-0.4, -0.2) is 54.5 Å². The molecule has 2 saturated heterocycles. The van der Waals surface area contributed by atoms with Crippen molar-refractivity contribution in [2.24, 2.45) is 0 Å². The van der Waals surface area contributed by atoms with Gasteiger partial charge in [0, 0.05) is 19.5 Å². The first-order valence-electron chi connectivity index (χ1n) is 9.69. The van der Waals surface area contributed by atoms with Gasteiger partial charge in [-0.25, -0.2) is 0 Å². The molecule has 1 unspecified atom stereocenters. The molecule has 0 N–H and O–H groups in total. The minimum Gasteiger partial charge on any atom is -0.486 e. The molecule has 26 heavy (non-hydrogen) atoms. The lowest BCUT2D eigenvalue weighted by Crippen LogP contribution is -2.42. The molecule has 1 aromatic carbocycles. The predicted octanol–water partition coefficient (Wildman–Crippen LogP) is 2.52. The van der Waals surface area contributed by atoms with Crippen LogP contribution in [0.25, 0.3) is 0 Å². The molecular formula is C20H26N2O4. The summed E-state index contributed by atoms with van der Waals surface area (Å²) in [6.45, 7) is 2.79. The van der Waals surface area contributed by atoms with E-state index in [9.17, 15) is 9.59 Å². The van der Waals surface area contributed by atoms with Crippen molar-refractivity contribution in [3.63, 3.8) is 0 Å². The lowest BCUT2D eigenvalue weighted by Gasteiger charge is -2.29. The molecule has 6 nitrogen and oxygen atoms in total. The van der Waals surface area contributed by atoms with Gasteiger partial charge < -0.3 is 19.3 Å². The van der Waals surface area contributed by atoms with Crippen LogP contribution in [0.3, 0.4) is 0 Å². The van der Waals surface area contributed by atoms with E-state index < -0.39 is 0 Å². The van der Waals surface area contributed by atoms with E-state index in [1.54, 1.807) is 4.90 Å². The third-order valence-corrected chi connectivity index (χ3v) is 5.52. The van der Waals surface area contributed by atoms with E-state index in [0.717, 1.165) is 55.7 Å². The van der Waals surface area contributed by atoms with Gasteiger partial charge >= 0.3 is 0 Å². The van der Waals surface area contributed by atoms with Crippen molar-refractivity contribution < 1.29 is 19.1 Å². The van der Waals surface area contributed by atoms with Gasteiger partial charge in [-0.05, 0) is 43.4 Å². The topological polar surface area (TPSA) is 59.1 Å². The monoisotopic (exact) mass is 358 g/mol. The molecule has 6 heteroatoms. The number of hydrogen-bond donors (Lipinski definition) is 0. The van der Waals surface area contributed by atoms with E-state index in [-0.39, 0.29) is 24.4 Å². The van der Waals surface area contributed by atoms with E-state index in [0.29, 0.717) is 26.2 Å². The zero-order chi connectivity index (χ0) is 17.9. The van der Waals surface area contributed by atoms with Crippen LogP contribution in [0.1, 0.15) is 50.1 Å². The summed E-state index contributed by atoms with van der Waals surface area (Å²) in [6.07, 6.45) is 5.49. The number of likely N-dealkylation sites (tertiary alicyclic amines) is 2. The second kappa shape index (κ2) is 7.56. The van der Waals surface area contributed by atoms with Gasteiger partial charge in [-0.3, -0.25) is 9.59 Å². The Balaban J connectivity index is 1.47. The van der Waals surface area contributed by atoms with Crippen LogP contribution >= 0.6 is 0 Å². The van der Waals surface area contributed by atoms with Crippen molar-refractivity contribution in [1.82, 2.24) is 9.80 Å². The molecule has 1 aromatic rings. The molecule has 3 heterocycles. The van der Waals surface area contributed by atoms with E-state index in [4.69, 9.17) is 9.47 Å². The summed E-state index contributed by atoms with van der Waals surface area (Å²) < 4.78 is 11.3. The highest BCUT2D eigenvalue weighted by atomic mass is 16.6. The minimum atomic E-state index is 0.0534. The number of carbonyl (C=O) groups is 2. The SMILES string of the molecule is O=C1CCCCCN1CC(=O)N1CCCC1c1ccc2c(c1)OCCO2. The van der Waals surface area contributed by atoms with E-state index in [1.165, 1.54) is 0 Å². The highest BCUT2D eigenvalue weighted by molar-refractivity contribution is 5.85. The standard InChI is InChI=1S/C20H26N2O4/c23-19-6-2-1-3-9-21(19)14-20(24)22-10-4-5-16(22)15-7-8-17-18(13-15)26-12-11-25-17/h7-8,13,16H,1-6,9-12,14H2. The molecular weight excluding hydrogens is 332 g/mol. The summed E-state index contributed by atoms with van der Waals surface area (Å²) in [5.74, 6) is 1.70. The minimum absolute atomic E-state index is 0.0534. The molecule has 0 radical (unpaired) electrons. The van der Waals surface area contributed by atoms with Crippen LogP contribution in [-0.2, 0) is 9.59 Å². The molecule has 0 spiro atoms. The quantitative estimate of drug-likeness (QED) is 0.833. The number of ether oxygens (including phenoxy) is 2. The summed E-state index contributed by atoms with van der Waals surface area (Å²) in [5.41, 5.74) is 1.09. The maximum absolute atomic E-state index is 12.9. The first kappa shape index (κ1) is 17.2. The lowest BCUT2D eigenvalue weighted by molar-refractivity contribution is -0.140. The Morgan fingerprint density at radius 3 is 2.77 bits per heavy atom. The zero-order valence-electron chi connectivity index (χ0n) is 15.1. The lowest BCUT2D eigenvalue weighted by atomic mass is 10.0. The number of benzene rings is 1. The summed E-state index contributed by atoms with van der Waals surface area (Å²) in [5, 5.41) is 0. The van der Waals surface area contributed by atoms with Gasteiger partial charge in [0.1, 0.15) is 13.2 Å². The van der Waals surface area contributed by atoms with Crippen molar-refractivity contribution in [2.45, 2.75) is 44.6 Å². The van der Waals surface area contributed by atoms with Gasteiger partial charge in [0.15, 0.2) is 11.5 Å². The molecule has 0 saturated carbocycles. The number of fused-ring (bicyclic) bond motifs is 1. The summed E-state index contributed by atoms with van der Waals surface area (Å²) >= 11 is 0. The van der Waals surface area contributed by atoms with Crippen molar-refractivity contribution in [3.05, 3.63) is 23.8 Å². The second-order valence-corrected chi connectivity index (χ2v) is 7.27. The van der Waals surface area contributed by atoms with Crippen molar-refractivity contribution in [3.8, 4) is 11.5 Å². The Labute approximate surface area is 154 Å². The third-order valence-electron chi connectivity index (χ3n) is 5.52.